The smallest absolute Gasteiger partial charge is 0.269 e. The third-order valence-electron chi connectivity index (χ3n) is 2.96. The molecule has 0 spiro atoms. The van der Waals surface area contributed by atoms with E-state index >= 15 is 0 Å². The Hall–Kier alpha value is -2.69. The fourth-order valence-corrected chi connectivity index (χ4v) is 1.89. The molecule has 5 nitrogen and oxygen atoms in total. The van der Waals surface area contributed by atoms with Crippen molar-refractivity contribution in [3.8, 4) is 5.75 Å². The van der Waals surface area contributed by atoms with Crippen molar-refractivity contribution < 1.29 is 14.8 Å². The van der Waals surface area contributed by atoms with Crippen LogP contribution in [0.3, 0.4) is 0 Å². The third-order valence-corrected chi connectivity index (χ3v) is 2.96. The minimum Gasteiger partial charge on any atom is -0.507 e. The van der Waals surface area contributed by atoms with Crippen molar-refractivity contribution >= 4 is 11.5 Å². The SMILES string of the molecule is Cc1ccc(O)c(C(=O)Cc2ccc([N+](=O)[O-])cc2)c1. The maximum atomic E-state index is 12.1. The summed E-state index contributed by atoms with van der Waals surface area (Å²) < 4.78 is 0. The fourth-order valence-electron chi connectivity index (χ4n) is 1.89. The van der Waals surface area contributed by atoms with Gasteiger partial charge in [-0.15, -0.1) is 0 Å². The van der Waals surface area contributed by atoms with Crippen molar-refractivity contribution in [1.29, 1.82) is 0 Å². The minimum atomic E-state index is -0.488. The number of phenols is 1. The van der Waals surface area contributed by atoms with Gasteiger partial charge in [-0.1, -0.05) is 23.8 Å². The van der Waals surface area contributed by atoms with Crippen LogP contribution in [0.2, 0.25) is 0 Å². The van der Waals surface area contributed by atoms with E-state index in [4.69, 9.17) is 0 Å². The highest BCUT2D eigenvalue weighted by atomic mass is 16.6. The molecule has 102 valence electrons. The van der Waals surface area contributed by atoms with Crippen LogP contribution >= 0.6 is 0 Å². The van der Waals surface area contributed by atoms with Crippen molar-refractivity contribution in [1.82, 2.24) is 0 Å². The molecule has 0 heterocycles. The second kappa shape index (κ2) is 5.52. The van der Waals surface area contributed by atoms with Crippen molar-refractivity contribution in [3.63, 3.8) is 0 Å². The lowest BCUT2D eigenvalue weighted by Crippen LogP contribution is -2.04. The predicted octanol–water partition coefficient (Wildman–Crippen LogP) is 3.03. The summed E-state index contributed by atoms with van der Waals surface area (Å²) >= 11 is 0. The van der Waals surface area contributed by atoms with Gasteiger partial charge in [0.15, 0.2) is 5.78 Å². The highest BCUT2D eigenvalue weighted by molar-refractivity contribution is 6.00. The fraction of sp³-hybridized carbons (Fsp3) is 0.133. The Morgan fingerprint density at radius 2 is 1.85 bits per heavy atom. The lowest BCUT2D eigenvalue weighted by molar-refractivity contribution is -0.384. The molecule has 0 bridgehead atoms. The zero-order chi connectivity index (χ0) is 14.7. The molecule has 5 heteroatoms. The first kappa shape index (κ1) is 13.7. The lowest BCUT2D eigenvalue weighted by Gasteiger charge is -2.05. The van der Waals surface area contributed by atoms with Crippen LogP contribution in [-0.4, -0.2) is 15.8 Å². The maximum absolute atomic E-state index is 12.1. The van der Waals surface area contributed by atoms with Crippen LogP contribution in [0.15, 0.2) is 42.5 Å². The van der Waals surface area contributed by atoms with Gasteiger partial charge >= 0.3 is 0 Å². The number of aryl methyl sites for hydroxylation is 1. The molecule has 2 aromatic rings. The highest BCUT2D eigenvalue weighted by Crippen LogP contribution is 2.21. The van der Waals surface area contributed by atoms with Crippen LogP contribution in [0.5, 0.6) is 5.75 Å². The average molecular weight is 271 g/mol. The molecule has 0 aliphatic rings. The molecular weight excluding hydrogens is 258 g/mol. The summed E-state index contributed by atoms with van der Waals surface area (Å²) in [5, 5.41) is 20.2. The first-order valence-electron chi connectivity index (χ1n) is 6.03. The summed E-state index contributed by atoms with van der Waals surface area (Å²) in [4.78, 5) is 22.2. The summed E-state index contributed by atoms with van der Waals surface area (Å²) in [6, 6.07) is 10.6. The zero-order valence-electron chi connectivity index (χ0n) is 10.9. The van der Waals surface area contributed by atoms with Gasteiger partial charge in [0, 0.05) is 18.6 Å². The Morgan fingerprint density at radius 3 is 2.45 bits per heavy atom. The second-order valence-electron chi connectivity index (χ2n) is 4.54. The standard InChI is InChI=1S/C15H13NO4/c1-10-2-7-14(17)13(8-10)15(18)9-11-3-5-12(6-4-11)16(19)20/h2-8,17H,9H2,1H3. The molecule has 0 amide bonds. The highest BCUT2D eigenvalue weighted by Gasteiger charge is 2.13. The van der Waals surface area contributed by atoms with Gasteiger partial charge in [0.1, 0.15) is 5.75 Å². The molecule has 0 aliphatic carbocycles. The monoisotopic (exact) mass is 271 g/mol. The molecule has 2 rings (SSSR count). The number of non-ortho nitro benzene ring substituents is 1. The number of nitrogens with zero attached hydrogens (tertiary/aromatic N) is 1. The Morgan fingerprint density at radius 1 is 1.20 bits per heavy atom. The van der Waals surface area contributed by atoms with Crippen molar-refractivity contribution in [2.24, 2.45) is 0 Å². The van der Waals surface area contributed by atoms with E-state index in [0.29, 0.717) is 5.56 Å². The molecule has 20 heavy (non-hydrogen) atoms. The number of nitro benzene ring substituents is 1. The first-order chi connectivity index (χ1) is 9.47. The number of rotatable bonds is 4. The molecule has 0 aromatic heterocycles. The molecule has 2 aromatic carbocycles. The van der Waals surface area contributed by atoms with Crippen LogP contribution in [-0.2, 0) is 6.42 Å². The van der Waals surface area contributed by atoms with Crippen LogP contribution in [0, 0.1) is 17.0 Å². The van der Waals surface area contributed by atoms with Crippen LogP contribution in [0.1, 0.15) is 21.5 Å². The molecule has 0 unspecified atom stereocenters. The molecule has 0 fully saturated rings. The van der Waals surface area contributed by atoms with Gasteiger partial charge < -0.3 is 5.11 Å². The molecule has 0 saturated carbocycles. The average Bonchev–Trinajstić information content (AvgIpc) is 2.42. The van der Waals surface area contributed by atoms with Crippen molar-refractivity contribution in [2.45, 2.75) is 13.3 Å². The van der Waals surface area contributed by atoms with E-state index in [1.165, 1.54) is 18.2 Å². The number of Topliss-reactive ketones (excluding diaryl/α,β-unsaturated/α-hetero) is 1. The van der Waals surface area contributed by atoms with Gasteiger partial charge in [0.2, 0.25) is 0 Å². The van der Waals surface area contributed by atoms with Crippen LogP contribution in [0.25, 0.3) is 0 Å². The van der Waals surface area contributed by atoms with Gasteiger partial charge in [-0.3, -0.25) is 14.9 Å². The zero-order valence-corrected chi connectivity index (χ0v) is 10.9. The quantitative estimate of drug-likeness (QED) is 0.526. The number of carbonyl (C=O) groups is 1. The van der Waals surface area contributed by atoms with Gasteiger partial charge in [-0.25, -0.2) is 0 Å². The maximum Gasteiger partial charge on any atom is 0.269 e. The number of hydrogen-bond acceptors (Lipinski definition) is 4. The Balaban J connectivity index is 2.19. The number of aromatic hydroxyl groups is 1. The summed E-state index contributed by atoms with van der Waals surface area (Å²) in [5.74, 6) is -0.275. The number of phenolic OH excluding ortho intramolecular Hbond substituents is 1. The van der Waals surface area contributed by atoms with Crippen LogP contribution < -0.4 is 0 Å². The molecule has 1 N–H and O–H groups in total. The Kier molecular flexibility index (Phi) is 3.79. The van der Waals surface area contributed by atoms with Gasteiger partial charge in [0.05, 0.1) is 10.5 Å². The van der Waals surface area contributed by atoms with E-state index in [0.717, 1.165) is 5.56 Å². The van der Waals surface area contributed by atoms with E-state index in [1.54, 1.807) is 24.3 Å². The summed E-state index contributed by atoms with van der Waals surface area (Å²) in [6.45, 7) is 1.84. The van der Waals surface area contributed by atoms with E-state index in [9.17, 15) is 20.0 Å². The minimum absolute atomic E-state index is 0.0143. The number of nitro groups is 1. The molecule has 0 radical (unpaired) electrons. The second-order valence-corrected chi connectivity index (χ2v) is 4.54. The van der Waals surface area contributed by atoms with Crippen molar-refractivity contribution in [3.05, 3.63) is 69.3 Å². The van der Waals surface area contributed by atoms with E-state index in [1.807, 2.05) is 6.92 Å². The predicted molar refractivity (Wildman–Crippen MR) is 74.0 cm³/mol. The van der Waals surface area contributed by atoms with Crippen molar-refractivity contribution in [2.75, 3.05) is 0 Å². The number of ketones is 1. The van der Waals surface area contributed by atoms with Gasteiger partial charge in [0.25, 0.3) is 5.69 Å². The number of benzene rings is 2. The largest absolute Gasteiger partial charge is 0.507 e. The van der Waals surface area contributed by atoms with Gasteiger partial charge in [-0.2, -0.15) is 0 Å². The Labute approximate surface area is 115 Å². The topological polar surface area (TPSA) is 80.4 Å². The molecule has 0 saturated heterocycles. The van der Waals surface area contributed by atoms with E-state index < -0.39 is 4.92 Å². The van der Waals surface area contributed by atoms with E-state index in [-0.39, 0.29) is 29.2 Å². The summed E-state index contributed by atoms with van der Waals surface area (Å²) in [6.07, 6.45) is 0.0923. The number of hydrogen-bond donors (Lipinski definition) is 1. The number of carbonyl (C=O) groups excluding carboxylic acids is 1. The Bertz CT molecular complexity index is 662. The van der Waals surface area contributed by atoms with Gasteiger partial charge in [-0.05, 0) is 24.6 Å². The summed E-state index contributed by atoms with van der Waals surface area (Å²) in [5.41, 5.74) is 1.80. The van der Waals surface area contributed by atoms with Crippen LogP contribution in [0.4, 0.5) is 5.69 Å². The first-order valence-corrected chi connectivity index (χ1v) is 6.03. The van der Waals surface area contributed by atoms with E-state index in [2.05, 4.69) is 0 Å². The lowest BCUT2D eigenvalue weighted by atomic mass is 10.0. The normalized spacial score (nSPS) is 10.2. The molecule has 0 aliphatic heterocycles. The third kappa shape index (κ3) is 3.00. The molecular formula is C15H13NO4. The summed E-state index contributed by atoms with van der Waals surface area (Å²) in [7, 11) is 0. The molecule has 0 atom stereocenters.